The molecule has 1 saturated heterocycles. The lowest BCUT2D eigenvalue weighted by Gasteiger charge is -2.21. The summed E-state index contributed by atoms with van der Waals surface area (Å²) >= 11 is 4.79. The summed E-state index contributed by atoms with van der Waals surface area (Å²) in [6.07, 6.45) is 3.79. The first kappa shape index (κ1) is 10.4. The highest BCUT2D eigenvalue weighted by atomic mass is 79.9. The van der Waals surface area contributed by atoms with Crippen LogP contribution in [0, 0.1) is 0 Å². The zero-order valence-electron chi connectivity index (χ0n) is 7.74. The van der Waals surface area contributed by atoms with E-state index in [0.29, 0.717) is 11.8 Å². The Balaban J connectivity index is 1.76. The predicted octanol–water partition coefficient (Wildman–Crippen LogP) is 2.85. The summed E-state index contributed by atoms with van der Waals surface area (Å²) in [5.41, 5.74) is 0. The van der Waals surface area contributed by atoms with Gasteiger partial charge in [0.15, 0.2) is 0 Å². The van der Waals surface area contributed by atoms with E-state index in [9.17, 15) is 0 Å². The van der Waals surface area contributed by atoms with Crippen molar-refractivity contribution < 1.29 is 9.47 Å². The maximum Gasteiger partial charge on any atom is 0.274 e. The lowest BCUT2D eigenvalue weighted by Crippen LogP contribution is -2.25. The van der Waals surface area contributed by atoms with Gasteiger partial charge in [0.05, 0.1) is 6.10 Å². The second-order valence-corrected chi connectivity index (χ2v) is 4.87. The van der Waals surface area contributed by atoms with Crippen LogP contribution >= 0.6 is 27.3 Å². The molecule has 3 nitrogen and oxygen atoms in total. The number of hydrogen-bond donors (Lipinski definition) is 0. The fourth-order valence-corrected chi connectivity index (χ4v) is 2.51. The second-order valence-electron chi connectivity index (χ2n) is 3.24. The fraction of sp³-hybridized carbons (Fsp3) is 0.667. The van der Waals surface area contributed by atoms with Gasteiger partial charge in [0.25, 0.3) is 5.19 Å². The minimum atomic E-state index is 0.256. The van der Waals surface area contributed by atoms with E-state index in [0.717, 1.165) is 17.6 Å². The molecule has 1 aromatic heterocycles. The fourth-order valence-electron chi connectivity index (χ4n) is 1.41. The highest BCUT2D eigenvalue weighted by Crippen LogP contribution is 2.22. The minimum Gasteiger partial charge on any atom is -0.467 e. The van der Waals surface area contributed by atoms with Crippen LogP contribution in [-0.4, -0.2) is 24.3 Å². The summed E-state index contributed by atoms with van der Waals surface area (Å²) in [5, 5.41) is 2.63. The highest BCUT2D eigenvalue weighted by Gasteiger charge is 2.14. The first-order chi connectivity index (χ1) is 6.84. The van der Waals surface area contributed by atoms with E-state index in [1.54, 1.807) is 0 Å². The third-order valence-electron chi connectivity index (χ3n) is 2.12. The molecule has 0 radical (unpaired) electrons. The van der Waals surface area contributed by atoms with Crippen LogP contribution < -0.4 is 4.74 Å². The Morgan fingerprint density at radius 2 is 2.57 bits per heavy atom. The van der Waals surface area contributed by atoms with Crippen molar-refractivity contribution in [1.82, 2.24) is 4.98 Å². The molecular weight excluding hydrogens is 266 g/mol. The molecule has 0 N–H and O–H groups in total. The number of ether oxygens (including phenoxy) is 2. The molecule has 1 aromatic rings. The second kappa shape index (κ2) is 5.09. The van der Waals surface area contributed by atoms with E-state index in [1.807, 2.05) is 5.38 Å². The molecule has 2 heterocycles. The molecule has 0 spiro atoms. The zero-order chi connectivity index (χ0) is 9.80. The maximum absolute atomic E-state index is 5.55. The van der Waals surface area contributed by atoms with E-state index in [1.165, 1.54) is 24.2 Å². The molecule has 1 atom stereocenters. The molecular formula is C9H12BrNO2S. The van der Waals surface area contributed by atoms with Crippen LogP contribution in [0.1, 0.15) is 19.3 Å². The molecule has 78 valence electrons. The van der Waals surface area contributed by atoms with E-state index in [2.05, 4.69) is 20.9 Å². The van der Waals surface area contributed by atoms with Gasteiger partial charge in [-0.1, -0.05) is 11.3 Å². The normalized spacial score (nSPS) is 22.2. The highest BCUT2D eigenvalue weighted by molar-refractivity contribution is 9.10. The third kappa shape index (κ3) is 2.93. The van der Waals surface area contributed by atoms with E-state index < -0.39 is 0 Å². The predicted molar refractivity (Wildman–Crippen MR) is 58.9 cm³/mol. The molecule has 0 aliphatic carbocycles. The molecule has 1 aliphatic rings. The van der Waals surface area contributed by atoms with Crippen LogP contribution in [0.4, 0.5) is 0 Å². The average Bonchev–Trinajstić information content (AvgIpc) is 2.63. The Labute approximate surface area is 95.6 Å². The molecule has 0 saturated carbocycles. The third-order valence-corrected chi connectivity index (χ3v) is 3.58. The Morgan fingerprint density at radius 1 is 1.64 bits per heavy atom. The van der Waals surface area contributed by atoms with Crippen molar-refractivity contribution in [3.63, 3.8) is 0 Å². The average molecular weight is 278 g/mol. The summed E-state index contributed by atoms with van der Waals surface area (Å²) in [5.74, 6) is 0. The van der Waals surface area contributed by atoms with Crippen molar-refractivity contribution in [2.75, 3.05) is 13.2 Å². The lowest BCUT2D eigenvalue weighted by atomic mass is 10.1. The molecule has 2 rings (SSSR count). The standard InChI is InChI=1S/C9H12BrNO2S/c10-8-6-14-9(11-8)13-5-7-3-1-2-4-12-7/h6-7H,1-5H2. The van der Waals surface area contributed by atoms with Crippen molar-refractivity contribution in [1.29, 1.82) is 0 Å². The molecule has 1 fully saturated rings. The topological polar surface area (TPSA) is 31.4 Å². The number of aromatic nitrogens is 1. The van der Waals surface area contributed by atoms with Gasteiger partial charge >= 0.3 is 0 Å². The van der Waals surface area contributed by atoms with Crippen molar-refractivity contribution in [3.05, 3.63) is 9.98 Å². The van der Waals surface area contributed by atoms with Crippen LogP contribution in [0.25, 0.3) is 0 Å². The Bertz CT molecular complexity index is 286. The molecule has 0 bridgehead atoms. The molecule has 14 heavy (non-hydrogen) atoms. The quantitative estimate of drug-likeness (QED) is 0.852. The van der Waals surface area contributed by atoms with Gasteiger partial charge in [-0.15, -0.1) is 0 Å². The van der Waals surface area contributed by atoms with Crippen molar-refractivity contribution >= 4 is 27.3 Å². The summed E-state index contributed by atoms with van der Waals surface area (Å²) in [6, 6.07) is 0. The summed E-state index contributed by atoms with van der Waals surface area (Å²) in [7, 11) is 0. The lowest BCUT2D eigenvalue weighted by molar-refractivity contribution is -0.0111. The van der Waals surface area contributed by atoms with Gasteiger partial charge in [0.2, 0.25) is 0 Å². The van der Waals surface area contributed by atoms with Crippen LogP contribution in [0.3, 0.4) is 0 Å². The van der Waals surface area contributed by atoms with Crippen molar-refractivity contribution in [2.45, 2.75) is 25.4 Å². The van der Waals surface area contributed by atoms with E-state index in [4.69, 9.17) is 9.47 Å². The number of nitrogens with zero attached hydrogens (tertiary/aromatic N) is 1. The molecule has 1 unspecified atom stereocenters. The van der Waals surface area contributed by atoms with E-state index in [-0.39, 0.29) is 6.10 Å². The summed E-state index contributed by atoms with van der Waals surface area (Å²) in [6.45, 7) is 1.50. The van der Waals surface area contributed by atoms with Crippen LogP contribution in [0.2, 0.25) is 0 Å². The minimum absolute atomic E-state index is 0.256. The number of thiazole rings is 1. The molecule has 0 amide bonds. The monoisotopic (exact) mass is 277 g/mol. The SMILES string of the molecule is Brc1csc(OCC2CCCCO2)n1. The number of rotatable bonds is 3. The molecule has 0 aromatic carbocycles. The number of halogens is 1. The van der Waals surface area contributed by atoms with E-state index >= 15 is 0 Å². The Morgan fingerprint density at radius 3 is 3.21 bits per heavy atom. The summed E-state index contributed by atoms with van der Waals surface area (Å²) in [4.78, 5) is 4.15. The smallest absolute Gasteiger partial charge is 0.274 e. The van der Waals surface area contributed by atoms with Gasteiger partial charge in [-0.25, -0.2) is 0 Å². The van der Waals surface area contributed by atoms with Gasteiger partial charge in [-0.05, 0) is 35.2 Å². The van der Waals surface area contributed by atoms with Gasteiger partial charge in [0, 0.05) is 12.0 Å². The molecule has 5 heteroatoms. The zero-order valence-corrected chi connectivity index (χ0v) is 10.1. The summed E-state index contributed by atoms with van der Waals surface area (Å²) < 4.78 is 11.9. The molecule has 1 aliphatic heterocycles. The largest absolute Gasteiger partial charge is 0.467 e. The Hall–Kier alpha value is -0.130. The first-order valence-corrected chi connectivity index (χ1v) is 6.37. The van der Waals surface area contributed by atoms with Gasteiger partial charge in [-0.2, -0.15) is 4.98 Å². The van der Waals surface area contributed by atoms with Crippen LogP contribution in [0.5, 0.6) is 5.19 Å². The Kier molecular flexibility index (Phi) is 3.78. The van der Waals surface area contributed by atoms with Gasteiger partial charge < -0.3 is 9.47 Å². The maximum atomic E-state index is 5.55. The van der Waals surface area contributed by atoms with Crippen molar-refractivity contribution in [2.24, 2.45) is 0 Å². The van der Waals surface area contributed by atoms with Gasteiger partial charge in [-0.3, -0.25) is 0 Å². The van der Waals surface area contributed by atoms with Gasteiger partial charge in [0.1, 0.15) is 11.2 Å². The first-order valence-electron chi connectivity index (χ1n) is 4.70. The van der Waals surface area contributed by atoms with Crippen LogP contribution in [0.15, 0.2) is 9.98 Å². The number of hydrogen-bond acceptors (Lipinski definition) is 4. The van der Waals surface area contributed by atoms with Crippen molar-refractivity contribution in [3.8, 4) is 5.19 Å². The van der Waals surface area contributed by atoms with Crippen LogP contribution in [-0.2, 0) is 4.74 Å².